The van der Waals surface area contributed by atoms with E-state index in [2.05, 4.69) is 17.1 Å². The quantitative estimate of drug-likeness (QED) is 0.263. The normalized spacial score (nSPS) is 12.1. The predicted octanol–water partition coefficient (Wildman–Crippen LogP) is 2.69. The van der Waals surface area contributed by atoms with Crippen LogP contribution in [0.25, 0.3) is 0 Å². The van der Waals surface area contributed by atoms with Gasteiger partial charge in [-0.1, -0.05) is 35.0 Å². The number of oxime groups is 1. The van der Waals surface area contributed by atoms with E-state index >= 15 is 0 Å². The van der Waals surface area contributed by atoms with E-state index in [0.717, 1.165) is 36.5 Å². The van der Waals surface area contributed by atoms with Gasteiger partial charge in [-0.15, -0.1) is 0 Å². The first-order valence-electron chi connectivity index (χ1n) is 6.02. The van der Waals surface area contributed by atoms with E-state index in [9.17, 15) is 0 Å². The molecule has 0 atom stereocenters. The molecule has 1 aromatic rings. The zero-order valence-electron chi connectivity index (χ0n) is 10.6. The first-order chi connectivity index (χ1) is 8.63. The van der Waals surface area contributed by atoms with Crippen molar-refractivity contribution >= 4 is 17.4 Å². The lowest BCUT2D eigenvalue weighted by Crippen LogP contribution is -2.20. The van der Waals surface area contributed by atoms with Gasteiger partial charge in [0.05, 0.1) is 0 Å². The zero-order chi connectivity index (χ0) is 13.4. The summed E-state index contributed by atoms with van der Waals surface area (Å²) >= 11 is 6.10. The van der Waals surface area contributed by atoms with Crippen LogP contribution in [0.4, 0.5) is 0 Å². The third-order valence-corrected chi connectivity index (χ3v) is 3.12. The molecule has 0 saturated heterocycles. The molecule has 0 aliphatic heterocycles. The molecule has 5 heteroatoms. The van der Waals surface area contributed by atoms with Gasteiger partial charge < -0.3 is 15.8 Å². The Balaban J connectivity index is 2.26. The van der Waals surface area contributed by atoms with Crippen LogP contribution >= 0.6 is 11.6 Å². The van der Waals surface area contributed by atoms with E-state index in [4.69, 9.17) is 22.5 Å². The predicted molar refractivity (Wildman–Crippen MR) is 75.0 cm³/mol. The Morgan fingerprint density at radius 3 is 2.78 bits per heavy atom. The molecule has 0 radical (unpaired) electrons. The summed E-state index contributed by atoms with van der Waals surface area (Å²) in [5, 5.41) is 12.2. The van der Waals surface area contributed by atoms with Crippen LogP contribution in [-0.4, -0.2) is 29.5 Å². The number of halogens is 1. The molecule has 1 aromatic carbocycles. The molecular formula is C13H20ClN3O. The summed E-state index contributed by atoms with van der Waals surface area (Å²) in [5.41, 5.74) is 6.54. The van der Waals surface area contributed by atoms with E-state index in [-0.39, 0.29) is 0 Å². The van der Waals surface area contributed by atoms with E-state index in [1.165, 1.54) is 0 Å². The van der Waals surface area contributed by atoms with Crippen molar-refractivity contribution in [1.29, 1.82) is 0 Å². The maximum absolute atomic E-state index is 8.41. The van der Waals surface area contributed by atoms with Crippen molar-refractivity contribution in [1.82, 2.24) is 4.90 Å². The molecule has 18 heavy (non-hydrogen) atoms. The molecule has 0 amide bonds. The highest BCUT2D eigenvalue weighted by Gasteiger charge is 2.03. The van der Waals surface area contributed by atoms with Crippen molar-refractivity contribution in [2.24, 2.45) is 10.9 Å². The topological polar surface area (TPSA) is 61.8 Å². The van der Waals surface area contributed by atoms with Gasteiger partial charge in [0.25, 0.3) is 0 Å². The van der Waals surface area contributed by atoms with Gasteiger partial charge in [0, 0.05) is 18.0 Å². The van der Waals surface area contributed by atoms with Crippen LogP contribution in [0.2, 0.25) is 5.02 Å². The minimum atomic E-state index is 0.295. The van der Waals surface area contributed by atoms with E-state index in [0.29, 0.717) is 12.3 Å². The summed E-state index contributed by atoms with van der Waals surface area (Å²) in [6, 6.07) is 7.87. The average Bonchev–Trinajstić information content (AvgIpc) is 2.37. The Hall–Kier alpha value is -1.26. The SMILES string of the molecule is CN(CCCC/C(N)=N/O)Cc1ccccc1Cl. The van der Waals surface area contributed by atoms with Crippen LogP contribution in [0, 0.1) is 0 Å². The lowest BCUT2D eigenvalue weighted by atomic mass is 10.2. The Kier molecular flexibility index (Phi) is 6.54. The fraction of sp³-hybridized carbons (Fsp3) is 0.462. The molecule has 0 heterocycles. The van der Waals surface area contributed by atoms with Crippen molar-refractivity contribution in [2.45, 2.75) is 25.8 Å². The molecule has 0 aromatic heterocycles. The number of nitrogens with zero attached hydrogens (tertiary/aromatic N) is 2. The first-order valence-corrected chi connectivity index (χ1v) is 6.39. The van der Waals surface area contributed by atoms with Crippen LogP contribution in [0.1, 0.15) is 24.8 Å². The largest absolute Gasteiger partial charge is 0.409 e. The number of nitrogens with two attached hydrogens (primary N) is 1. The highest BCUT2D eigenvalue weighted by atomic mass is 35.5. The Labute approximate surface area is 113 Å². The second-order valence-corrected chi connectivity index (χ2v) is 4.78. The van der Waals surface area contributed by atoms with E-state index in [1.807, 2.05) is 24.3 Å². The Bertz CT molecular complexity index is 396. The fourth-order valence-corrected chi connectivity index (χ4v) is 1.93. The number of benzene rings is 1. The molecule has 100 valence electrons. The third kappa shape index (κ3) is 5.38. The zero-order valence-corrected chi connectivity index (χ0v) is 11.4. The van der Waals surface area contributed by atoms with Gasteiger partial charge in [-0.3, -0.25) is 0 Å². The highest BCUT2D eigenvalue weighted by Crippen LogP contribution is 2.16. The summed E-state index contributed by atoms with van der Waals surface area (Å²) in [6.07, 6.45) is 2.57. The number of hydrogen-bond acceptors (Lipinski definition) is 3. The minimum absolute atomic E-state index is 0.295. The number of hydrogen-bond donors (Lipinski definition) is 2. The van der Waals surface area contributed by atoms with Gasteiger partial charge in [-0.25, -0.2) is 0 Å². The van der Waals surface area contributed by atoms with E-state index in [1.54, 1.807) is 0 Å². The molecule has 0 aliphatic carbocycles. The van der Waals surface area contributed by atoms with Crippen LogP contribution in [-0.2, 0) is 6.54 Å². The standard InChI is InChI=1S/C13H20ClN3O/c1-17(9-5-4-8-13(15)16-18)10-11-6-2-3-7-12(11)14/h2-3,6-7,18H,4-5,8-10H2,1H3,(H2,15,16). The molecule has 0 aliphatic rings. The lowest BCUT2D eigenvalue weighted by Gasteiger charge is -2.17. The molecule has 0 unspecified atom stereocenters. The smallest absolute Gasteiger partial charge is 0.139 e. The van der Waals surface area contributed by atoms with Gasteiger partial charge in [0.2, 0.25) is 0 Å². The Morgan fingerprint density at radius 2 is 2.11 bits per heavy atom. The van der Waals surface area contributed by atoms with Gasteiger partial charge >= 0.3 is 0 Å². The van der Waals surface area contributed by atoms with Crippen molar-refractivity contribution in [3.8, 4) is 0 Å². The lowest BCUT2D eigenvalue weighted by molar-refractivity contribution is 0.312. The van der Waals surface area contributed by atoms with Crippen LogP contribution in [0.15, 0.2) is 29.4 Å². The molecule has 4 nitrogen and oxygen atoms in total. The van der Waals surface area contributed by atoms with Crippen LogP contribution in [0.5, 0.6) is 0 Å². The molecule has 0 spiro atoms. The summed E-state index contributed by atoms with van der Waals surface area (Å²) in [7, 11) is 2.06. The second-order valence-electron chi connectivity index (χ2n) is 4.38. The van der Waals surface area contributed by atoms with Crippen LogP contribution < -0.4 is 5.73 Å². The van der Waals surface area contributed by atoms with Gasteiger partial charge in [-0.05, 0) is 38.1 Å². The molecular weight excluding hydrogens is 250 g/mol. The number of rotatable bonds is 7. The van der Waals surface area contributed by atoms with Crippen molar-refractivity contribution < 1.29 is 5.21 Å². The van der Waals surface area contributed by atoms with Gasteiger partial charge in [0.1, 0.15) is 5.84 Å². The molecule has 1 rings (SSSR count). The fourth-order valence-electron chi connectivity index (χ4n) is 1.73. The number of amidine groups is 1. The van der Waals surface area contributed by atoms with Gasteiger partial charge in [0.15, 0.2) is 0 Å². The summed E-state index contributed by atoms with van der Waals surface area (Å²) in [4.78, 5) is 2.22. The van der Waals surface area contributed by atoms with Gasteiger partial charge in [-0.2, -0.15) is 0 Å². The van der Waals surface area contributed by atoms with Crippen molar-refractivity contribution in [2.75, 3.05) is 13.6 Å². The van der Waals surface area contributed by atoms with Crippen molar-refractivity contribution in [3.63, 3.8) is 0 Å². The molecule has 3 N–H and O–H groups in total. The maximum atomic E-state index is 8.41. The molecule has 0 saturated carbocycles. The summed E-state index contributed by atoms with van der Waals surface area (Å²) in [6.45, 7) is 1.80. The van der Waals surface area contributed by atoms with Crippen LogP contribution in [0.3, 0.4) is 0 Å². The monoisotopic (exact) mass is 269 g/mol. The summed E-state index contributed by atoms with van der Waals surface area (Å²) < 4.78 is 0. The highest BCUT2D eigenvalue weighted by molar-refractivity contribution is 6.31. The summed E-state index contributed by atoms with van der Waals surface area (Å²) in [5.74, 6) is 0.295. The minimum Gasteiger partial charge on any atom is -0.409 e. The Morgan fingerprint density at radius 1 is 1.39 bits per heavy atom. The first kappa shape index (κ1) is 14.8. The van der Waals surface area contributed by atoms with Crippen molar-refractivity contribution in [3.05, 3.63) is 34.9 Å². The molecule has 0 bridgehead atoms. The maximum Gasteiger partial charge on any atom is 0.139 e. The molecule has 0 fully saturated rings. The number of unbranched alkanes of at least 4 members (excludes halogenated alkanes) is 1. The average molecular weight is 270 g/mol. The second kappa shape index (κ2) is 7.95. The van der Waals surface area contributed by atoms with E-state index < -0.39 is 0 Å². The third-order valence-electron chi connectivity index (χ3n) is 2.75.